The molecule has 3 nitrogen and oxygen atoms in total. The molecule has 0 bridgehead atoms. The zero-order valence-electron chi connectivity index (χ0n) is 9.19. The first-order chi connectivity index (χ1) is 8.27. The van der Waals surface area contributed by atoms with Crippen molar-refractivity contribution in [1.82, 2.24) is 4.57 Å². The molecule has 0 saturated carbocycles. The second-order valence-electron chi connectivity index (χ2n) is 3.72. The molecule has 0 aliphatic carbocycles. The number of fused-ring (bicyclic) bond motifs is 1. The van der Waals surface area contributed by atoms with Gasteiger partial charge in [-0.1, -0.05) is 18.2 Å². The molecule has 86 valence electrons. The van der Waals surface area contributed by atoms with Crippen molar-refractivity contribution in [2.45, 2.75) is 13.0 Å². The summed E-state index contributed by atoms with van der Waals surface area (Å²) in [5.41, 5.74) is 1.60. The predicted octanol–water partition coefficient (Wildman–Crippen LogP) is 2.98. The molecule has 0 amide bonds. The Morgan fingerprint density at radius 1 is 1.41 bits per heavy atom. The number of aromatic nitrogens is 1. The molecule has 1 heterocycles. The zero-order valence-corrected chi connectivity index (χ0v) is 9.94. The Bertz CT molecular complexity index is 595. The van der Waals surface area contributed by atoms with E-state index < -0.39 is 0 Å². The Labute approximate surface area is 104 Å². The highest BCUT2D eigenvalue weighted by molar-refractivity contribution is 6.32. The van der Waals surface area contributed by atoms with Crippen molar-refractivity contribution in [3.05, 3.63) is 36.0 Å². The van der Waals surface area contributed by atoms with E-state index in [0.717, 1.165) is 10.9 Å². The highest BCUT2D eigenvalue weighted by Gasteiger charge is 2.13. The molecule has 0 radical (unpaired) electrons. The summed E-state index contributed by atoms with van der Waals surface area (Å²) in [6.45, 7) is 0.590. The number of rotatable bonds is 4. The minimum atomic E-state index is -0.0847. The fraction of sp³-hybridized carbons (Fsp3) is 0.231. The van der Waals surface area contributed by atoms with Gasteiger partial charge in [-0.3, -0.25) is 4.79 Å². The maximum atomic E-state index is 11.7. The van der Waals surface area contributed by atoms with E-state index in [1.807, 2.05) is 28.8 Å². The molecule has 0 unspecified atom stereocenters. The maximum absolute atomic E-state index is 11.7. The van der Waals surface area contributed by atoms with Crippen LogP contribution in [-0.2, 0) is 6.54 Å². The molecule has 0 aliphatic rings. The third-order valence-electron chi connectivity index (χ3n) is 2.67. The number of nitrogens with zero attached hydrogens (tertiary/aromatic N) is 2. The number of nitriles is 1. The highest BCUT2D eigenvalue weighted by Crippen LogP contribution is 2.22. The van der Waals surface area contributed by atoms with Crippen LogP contribution >= 0.6 is 11.6 Å². The van der Waals surface area contributed by atoms with E-state index in [-0.39, 0.29) is 11.7 Å². The quantitative estimate of drug-likeness (QED) is 0.615. The van der Waals surface area contributed by atoms with Gasteiger partial charge in [-0.25, -0.2) is 0 Å². The van der Waals surface area contributed by atoms with E-state index in [2.05, 4.69) is 6.07 Å². The number of ketones is 1. The van der Waals surface area contributed by atoms with Crippen molar-refractivity contribution in [2.24, 2.45) is 0 Å². The lowest BCUT2D eigenvalue weighted by Gasteiger charge is -2.00. The molecule has 1 aromatic carbocycles. The summed E-state index contributed by atoms with van der Waals surface area (Å²) in [5, 5.41) is 9.51. The van der Waals surface area contributed by atoms with E-state index in [4.69, 9.17) is 16.9 Å². The van der Waals surface area contributed by atoms with Gasteiger partial charge in [0.25, 0.3) is 0 Å². The number of hydrogen-bond acceptors (Lipinski definition) is 2. The Kier molecular flexibility index (Phi) is 3.46. The summed E-state index contributed by atoms with van der Waals surface area (Å²) in [6.07, 6.45) is 2.21. The summed E-state index contributed by atoms with van der Waals surface area (Å²) >= 11 is 5.59. The summed E-state index contributed by atoms with van der Waals surface area (Å²) in [7, 11) is 0. The number of carbonyl (C=O) groups is 1. The number of carbonyl (C=O) groups excluding carboxylic acids is 1. The number of hydrogen-bond donors (Lipinski definition) is 0. The Balaban J connectivity index is 2.55. The largest absolute Gasteiger partial charge is 0.346 e. The van der Waals surface area contributed by atoms with Gasteiger partial charge >= 0.3 is 0 Å². The van der Waals surface area contributed by atoms with E-state index in [1.54, 1.807) is 6.20 Å². The smallest absolute Gasteiger partial charge is 0.179 e. The van der Waals surface area contributed by atoms with Crippen molar-refractivity contribution in [3.8, 4) is 6.07 Å². The molecule has 0 aliphatic heterocycles. The van der Waals surface area contributed by atoms with Crippen LogP contribution in [0.3, 0.4) is 0 Å². The number of halogens is 1. The Morgan fingerprint density at radius 3 is 2.88 bits per heavy atom. The molecular formula is C13H11ClN2O. The van der Waals surface area contributed by atoms with E-state index in [1.165, 1.54) is 0 Å². The van der Waals surface area contributed by atoms with Crippen molar-refractivity contribution >= 4 is 28.3 Å². The van der Waals surface area contributed by atoms with Crippen LogP contribution in [0.15, 0.2) is 30.5 Å². The molecule has 4 heteroatoms. The number of alkyl halides is 1. The van der Waals surface area contributed by atoms with Crippen LogP contribution in [0, 0.1) is 11.3 Å². The summed E-state index contributed by atoms with van der Waals surface area (Å²) in [6, 6.07) is 9.75. The average Bonchev–Trinajstić information content (AvgIpc) is 2.74. The standard InChI is InChI=1S/C13H11ClN2O/c14-8-13(17)11-9-16(7-3-6-15)12-5-2-1-4-10(11)12/h1-2,4-5,9H,3,7-8H2. The van der Waals surface area contributed by atoms with Gasteiger partial charge in [-0.05, 0) is 6.07 Å². The van der Waals surface area contributed by atoms with Crippen LogP contribution in [0.5, 0.6) is 0 Å². The number of aryl methyl sites for hydroxylation is 1. The number of Topliss-reactive ketones (excluding diaryl/α,β-unsaturated/α-hetero) is 1. The summed E-state index contributed by atoms with van der Waals surface area (Å²) in [4.78, 5) is 11.7. The third-order valence-corrected chi connectivity index (χ3v) is 2.92. The minimum Gasteiger partial charge on any atom is -0.346 e. The van der Waals surface area contributed by atoms with E-state index in [0.29, 0.717) is 18.5 Å². The van der Waals surface area contributed by atoms with Crippen molar-refractivity contribution in [3.63, 3.8) is 0 Å². The van der Waals surface area contributed by atoms with Gasteiger partial charge in [0.1, 0.15) is 0 Å². The first kappa shape index (κ1) is 11.7. The molecular weight excluding hydrogens is 236 g/mol. The molecule has 2 aromatic rings. The lowest BCUT2D eigenvalue weighted by Crippen LogP contribution is -1.99. The Morgan fingerprint density at radius 2 is 2.18 bits per heavy atom. The zero-order chi connectivity index (χ0) is 12.3. The normalized spacial score (nSPS) is 10.4. The summed E-state index contributed by atoms with van der Waals surface area (Å²) < 4.78 is 1.93. The second kappa shape index (κ2) is 5.03. The van der Waals surface area contributed by atoms with Gasteiger partial charge in [-0.15, -0.1) is 11.6 Å². The number of para-hydroxylation sites is 1. The van der Waals surface area contributed by atoms with Crippen LogP contribution in [0.2, 0.25) is 0 Å². The molecule has 0 spiro atoms. The molecule has 0 fully saturated rings. The lowest BCUT2D eigenvalue weighted by atomic mass is 10.1. The monoisotopic (exact) mass is 246 g/mol. The topological polar surface area (TPSA) is 45.8 Å². The third kappa shape index (κ3) is 2.17. The van der Waals surface area contributed by atoms with Crippen molar-refractivity contribution in [2.75, 3.05) is 5.88 Å². The molecule has 0 atom stereocenters. The molecule has 1 aromatic heterocycles. The average molecular weight is 247 g/mol. The minimum absolute atomic E-state index is 0.0216. The van der Waals surface area contributed by atoms with E-state index in [9.17, 15) is 4.79 Å². The van der Waals surface area contributed by atoms with Crippen LogP contribution in [-0.4, -0.2) is 16.2 Å². The van der Waals surface area contributed by atoms with Crippen LogP contribution < -0.4 is 0 Å². The van der Waals surface area contributed by atoms with Crippen molar-refractivity contribution in [1.29, 1.82) is 5.26 Å². The fourth-order valence-electron chi connectivity index (χ4n) is 1.90. The maximum Gasteiger partial charge on any atom is 0.179 e. The van der Waals surface area contributed by atoms with Gasteiger partial charge in [0, 0.05) is 29.2 Å². The van der Waals surface area contributed by atoms with Crippen LogP contribution in [0.25, 0.3) is 10.9 Å². The first-order valence-corrected chi connectivity index (χ1v) is 5.85. The SMILES string of the molecule is N#CCCn1cc(C(=O)CCl)c2ccccc21. The van der Waals surface area contributed by atoms with Gasteiger partial charge in [0.05, 0.1) is 18.4 Å². The van der Waals surface area contributed by atoms with E-state index >= 15 is 0 Å². The van der Waals surface area contributed by atoms with Crippen molar-refractivity contribution < 1.29 is 4.79 Å². The highest BCUT2D eigenvalue weighted by atomic mass is 35.5. The van der Waals surface area contributed by atoms with Gasteiger partial charge in [0.2, 0.25) is 0 Å². The van der Waals surface area contributed by atoms with Gasteiger partial charge < -0.3 is 4.57 Å². The fourth-order valence-corrected chi connectivity index (χ4v) is 2.04. The molecule has 0 N–H and O–H groups in total. The van der Waals surface area contributed by atoms with Crippen LogP contribution in [0.1, 0.15) is 16.8 Å². The Hall–Kier alpha value is -1.79. The number of benzene rings is 1. The van der Waals surface area contributed by atoms with Gasteiger partial charge in [-0.2, -0.15) is 5.26 Å². The summed E-state index contributed by atoms with van der Waals surface area (Å²) in [5.74, 6) is -0.106. The van der Waals surface area contributed by atoms with Gasteiger partial charge in [0.15, 0.2) is 5.78 Å². The molecule has 2 rings (SSSR count). The lowest BCUT2D eigenvalue weighted by molar-refractivity contribution is 0.102. The van der Waals surface area contributed by atoms with Crippen LogP contribution in [0.4, 0.5) is 0 Å². The second-order valence-corrected chi connectivity index (χ2v) is 3.99. The first-order valence-electron chi connectivity index (χ1n) is 5.32. The molecule has 17 heavy (non-hydrogen) atoms. The molecule has 0 saturated heterocycles. The predicted molar refractivity (Wildman–Crippen MR) is 67.2 cm³/mol.